The zero-order chi connectivity index (χ0) is 13.5. The summed E-state index contributed by atoms with van der Waals surface area (Å²) in [5, 5.41) is 9.73. The van der Waals surface area contributed by atoms with Crippen molar-refractivity contribution in [2.45, 2.75) is 13.0 Å². The summed E-state index contributed by atoms with van der Waals surface area (Å²) < 4.78 is 1.81. The molecule has 0 unspecified atom stereocenters. The normalized spacial score (nSPS) is 10.2. The first kappa shape index (κ1) is 13.1. The molecule has 0 aliphatic carbocycles. The highest BCUT2D eigenvalue weighted by Crippen LogP contribution is 1.97. The Morgan fingerprint density at radius 3 is 2.68 bits per heavy atom. The van der Waals surface area contributed by atoms with Crippen LogP contribution < -0.4 is 10.6 Å². The van der Waals surface area contributed by atoms with Crippen molar-refractivity contribution < 1.29 is 4.79 Å². The minimum atomic E-state index is -0.147. The number of amides is 2. The van der Waals surface area contributed by atoms with Gasteiger partial charge in [0, 0.05) is 38.4 Å². The number of carbonyl (C=O) groups excluding carboxylic acids is 1. The van der Waals surface area contributed by atoms with Crippen LogP contribution in [0.3, 0.4) is 0 Å². The number of aromatic nitrogens is 2. The van der Waals surface area contributed by atoms with Crippen molar-refractivity contribution in [2.75, 3.05) is 6.54 Å². The van der Waals surface area contributed by atoms with Gasteiger partial charge < -0.3 is 10.6 Å². The zero-order valence-corrected chi connectivity index (χ0v) is 11.0. The van der Waals surface area contributed by atoms with E-state index in [0.29, 0.717) is 13.1 Å². The summed E-state index contributed by atoms with van der Waals surface area (Å²) in [5.74, 6) is 0. The summed E-state index contributed by atoms with van der Waals surface area (Å²) in [6, 6.07) is 11.6. The second-order valence-electron chi connectivity index (χ2n) is 4.29. The number of urea groups is 1. The van der Waals surface area contributed by atoms with E-state index in [9.17, 15) is 4.79 Å². The average molecular weight is 258 g/mol. The quantitative estimate of drug-likeness (QED) is 0.853. The molecule has 19 heavy (non-hydrogen) atoms. The third-order valence-electron chi connectivity index (χ3n) is 2.89. The van der Waals surface area contributed by atoms with Crippen LogP contribution in [0.1, 0.15) is 11.3 Å². The van der Waals surface area contributed by atoms with E-state index in [0.717, 1.165) is 17.7 Å². The summed E-state index contributed by atoms with van der Waals surface area (Å²) in [4.78, 5) is 11.6. The molecule has 2 N–H and O–H groups in total. The summed E-state index contributed by atoms with van der Waals surface area (Å²) in [7, 11) is 1.89. The Hall–Kier alpha value is -2.30. The highest BCUT2D eigenvalue weighted by Gasteiger charge is 2.01. The Kier molecular flexibility index (Phi) is 4.55. The van der Waals surface area contributed by atoms with Crippen LogP contribution in [0.2, 0.25) is 0 Å². The first-order valence-electron chi connectivity index (χ1n) is 6.28. The highest BCUT2D eigenvalue weighted by atomic mass is 16.2. The van der Waals surface area contributed by atoms with Crippen LogP contribution in [0.25, 0.3) is 0 Å². The van der Waals surface area contributed by atoms with E-state index in [1.807, 2.05) is 48.1 Å². The molecular formula is C14H18N4O. The zero-order valence-electron chi connectivity index (χ0n) is 11.0. The van der Waals surface area contributed by atoms with Crippen molar-refractivity contribution in [2.24, 2.45) is 7.05 Å². The predicted octanol–water partition coefficient (Wildman–Crippen LogP) is 1.46. The van der Waals surface area contributed by atoms with Crippen molar-refractivity contribution in [3.63, 3.8) is 0 Å². The fraction of sp³-hybridized carbons (Fsp3) is 0.286. The van der Waals surface area contributed by atoms with Crippen molar-refractivity contribution in [3.05, 3.63) is 53.9 Å². The van der Waals surface area contributed by atoms with Crippen LogP contribution in [0.15, 0.2) is 42.6 Å². The monoisotopic (exact) mass is 258 g/mol. The number of aryl methyl sites for hydroxylation is 1. The SMILES string of the molecule is Cn1nccc1CCNC(=O)NCc1ccccc1. The van der Waals surface area contributed by atoms with Crippen molar-refractivity contribution in [1.29, 1.82) is 0 Å². The molecule has 0 saturated carbocycles. The standard InChI is InChI=1S/C14H18N4O/c1-18-13(8-10-17-18)7-9-15-14(19)16-11-12-5-3-2-4-6-12/h2-6,8,10H,7,9,11H2,1H3,(H2,15,16,19). The van der Waals surface area contributed by atoms with Gasteiger partial charge in [0.1, 0.15) is 0 Å². The van der Waals surface area contributed by atoms with Gasteiger partial charge in [-0.25, -0.2) is 4.79 Å². The van der Waals surface area contributed by atoms with Gasteiger partial charge in [0.05, 0.1) is 0 Å². The lowest BCUT2D eigenvalue weighted by Crippen LogP contribution is -2.36. The second-order valence-corrected chi connectivity index (χ2v) is 4.29. The minimum Gasteiger partial charge on any atom is -0.338 e. The number of rotatable bonds is 5. The Bertz CT molecular complexity index is 521. The molecule has 0 fully saturated rings. The fourth-order valence-corrected chi connectivity index (χ4v) is 1.79. The number of nitrogens with zero attached hydrogens (tertiary/aromatic N) is 2. The summed E-state index contributed by atoms with van der Waals surface area (Å²) in [5.41, 5.74) is 2.19. The van der Waals surface area contributed by atoms with Gasteiger partial charge in [0.25, 0.3) is 0 Å². The molecular weight excluding hydrogens is 240 g/mol. The maximum absolute atomic E-state index is 11.6. The van der Waals surface area contributed by atoms with E-state index in [1.54, 1.807) is 6.20 Å². The van der Waals surface area contributed by atoms with Crippen LogP contribution in [0, 0.1) is 0 Å². The molecule has 1 aromatic carbocycles. The molecule has 5 heteroatoms. The average Bonchev–Trinajstić information content (AvgIpc) is 2.83. The van der Waals surface area contributed by atoms with Crippen LogP contribution >= 0.6 is 0 Å². The molecule has 0 atom stereocenters. The molecule has 0 bridgehead atoms. The smallest absolute Gasteiger partial charge is 0.315 e. The summed E-state index contributed by atoms with van der Waals surface area (Å²) in [6.45, 7) is 1.14. The third-order valence-corrected chi connectivity index (χ3v) is 2.89. The lowest BCUT2D eigenvalue weighted by atomic mass is 10.2. The van der Waals surface area contributed by atoms with Crippen LogP contribution in [0.5, 0.6) is 0 Å². The lowest BCUT2D eigenvalue weighted by Gasteiger charge is -2.07. The number of hydrogen-bond donors (Lipinski definition) is 2. The molecule has 0 aliphatic rings. The first-order valence-corrected chi connectivity index (χ1v) is 6.28. The maximum Gasteiger partial charge on any atom is 0.315 e. The van der Waals surface area contributed by atoms with E-state index in [-0.39, 0.29) is 6.03 Å². The van der Waals surface area contributed by atoms with Gasteiger partial charge >= 0.3 is 6.03 Å². The minimum absolute atomic E-state index is 0.147. The number of benzene rings is 1. The topological polar surface area (TPSA) is 59.0 Å². The van der Waals surface area contributed by atoms with Gasteiger partial charge in [-0.15, -0.1) is 0 Å². The summed E-state index contributed by atoms with van der Waals surface area (Å²) >= 11 is 0. The van der Waals surface area contributed by atoms with Crippen molar-refractivity contribution in [3.8, 4) is 0 Å². The van der Waals surface area contributed by atoms with E-state index in [4.69, 9.17) is 0 Å². The number of carbonyl (C=O) groups is 1. The molecule has 2 aromatic rings. The van der Waals surface area contributed by atoms with E-state index in [2.05, 4.69) is 15.7 Å². The summed E-state index contributed by atoms with van der Waals surface area (Å²) in [6.07, 6.45) is 2.53. The molecule has 0 spiro atoms. The Labute approximate surface area is 112 Å². The molecule has 0 aliphatic heterocycles. The number of hydrogen-bond acceptors (Lipinski definition) is 2. The molecule has 2 amide bonds. The molecule has 0 saturated heterocycles. The van der Waals surface area contributed by atoms with Gasteiger partial charge in [-0.05, 0) is 11.6 Å². The highest BCUT2D eigenvalue weighted by molar-refractivity contribution is 5.73. The fourth-order valence-electron chi connectivity index (χ4n) is 1.79. The number of nitrogens with one attached hydrogen (secondary N) is 2. The molecule has 100 valence electrons. The third kappa shape index (κ3) is 4.13. The van der Waals surface area contributed by atoms with Crippen LogP contribution in [-0.4, -0.2) is 22.4 Å². The van der Waals surface area contributed by atoms with E-state index < -0.39 is 0 Å². The van der Waals surface area contributed by atoms with Gasteiger partial charge in [-0.2, -0.15) is 5.10 Å². The molecule has 2 rings (SSSR count). The Morgan fingerprint density at radius 1 is 1.21 bits per heavy atom. The lowest BCUT2D eigenvalue weighted by molar-refractivity contribution is 0.240. The van der Waals surface area contributed by atoms with Crippen LogP contribution in [0.4, 0.5) is 4.79 Å². The second kappa shape index (κ2) is 6.58. The van der Waals surface area contributed by atoms with Gasteiger partial charge in [0.2, 0.25) is 0 Å². The molecule has 1 aromatic heterocycles. The van der Waals surface area contributed by atoms with Gasteiger partial charge in [0.15, 0.2) is 0 Å². The van der Waals surface area contributed by atoms with E-state index in [1.165, 1.54) is 0 Å². The largest absolute Gasteiger partial charge is 0.338 e. The predicted molar refractivity (Wildman–Crippen MR) is 73.6 cm³/mol. The first-order chi connectivity index (χ1) is 9.25. The molecule has 5 nitrogen and oxygen atoms in total. The molecule has 1 heterocycles. The maximum atomic E-state index is 11.6. The van der Waals surface area contributed by atoms with Gasteiger partial charge in [-0.1, -0.05) is 30.3 Å². The Balaban J connectivity index is 1.66. The Morgan fingerprint density at radius 2 is 2.00 bits per heavy atom. The van der Waals surface area contributed by atoms with Crippen LogP contribution in [-0.2, 0) is 20.0 Å². The molecule has 0 radical (unpaired) electrons. The van der Waals surface area contributed by atoms with Crippen molar-refractivity contribution in [1.82, 2.24) is 20.4 Å². The van der Waals surface area contributed by atoms with Crippen molar-refractivity contribution >= 4 is 6.03 Å². The van der Waals surface area contributed by atoms with E-state index >= 15 is 0 Å². The van der Waals surface area contributed by atoms with Gasteiger partial charge in [-0.3, -0.25) is 4.68 Å².